The van der Waals surface area contributed by atoms with Gasteiger partial charge in [-0.3, -0.25) is 4.79 Å². The maximum atomic E-state index is 13.8. The molecule has 3 rings (SSSR count). The fraction of sp³-hybridized carbons (Fsp3) is 0.182. The van der Waals surface area contributed by atoms with Crippen molar-refractivity contribution in [3.05, 3.63) is 83.4 Å². The maximum absolute atomic E-state index is 13.8. The van der Waals surface area contributed by atoms with E-state index in [1.807, 2.05) is 42.5 Å². The van der Waals surface area contributed by atoms with Crippen LogP contribution < -0.4 is 5.32 Å². The lowest BCUT2D eigenvalue weighted by Crippen LogP contribution is -2.43. The second-order valence-corrected chi connectivity index (χ2v) is 6.44. The lowest BCUT2D eigenvalue weighted by atomic mass is 10.0. The number of methoxy groups -OCH3 is 1. The van der Waals surface area contributed by atoms with Crippen molar-refractivity contribution in [3.63, 3.8) is 0 Å². The number of esters is 1. The van der Waals surface area contributed by atoms with Gasteiger partial charge in [-0.2, -0.15) is 0 Å². The molecule has 4 nitrogen and oxygen atoms in total. The Kier molecular flexibility index (Phi) is 5.99. The molecule has 28 heavy (non-hydrogen) atoms. The molecule has 0 aromatic heterocycles. The summed E-state index contributed by atoms with van der Waals surface area (Å²) in [5.74, 6) is -2.67. The number of hydrogen-bond acceptors (Lipinski definition) is 3. The summed E-state index contributed by atoms with van der Waals surface area (Å²) in [6.45, 7) is 0. The molecule has 0 aliphatic rings. The van der Waals surface area contributed by atoms with Crippen molar-refractivity contribution in [1.29, 1.82) is 0 Å². The van der Waals surface area contributed by atoms with Gasteiger partial charge < -0.3 is 10.1 Å². The zero-order valence-corrected chi connectivity index (χ0v) is 15.2. The molecule has 0 unspecified atom stereocenters. The van der Waals surface area contributed by atoms with Crippen LogP contribution in [0.5, 0.6) is 0 Å². The van der Waals surface area contributed by atoms with Gasteiger partial charge in [0.1, 0.15) is 17.7 Å². The molecule has 144 valence electrons. The van der Waals surface area contributed by atoms with E-state index in [4.69, 9.17) is 4.74 Å². The second-order valence-electron chi connectivity index (χ2n) is 6.44. The SMILES string of the molecule is COC(=O)[C@H](Cc1ccc2ccccc2c1)NC(=O)Cc1ccc(F)cc1F. The summed E-state index contributed by atoms with van der Waals surface area (Å²) in [6, 6.07) is 15.7. The number of hydrogen-bond donors (Lipinski definition) is 1. The van der Waals surface area contributed by atoms with Crippen molar-refractivity contribution in [2.75, 3.05) is 7.11 Å². The van der Waals surface area contributed by atoms with Crippen LogP contribution in [0.2, 0.25) is 0 Å². The van der Waals surface area contributed by atoms with Gasteiger partial charge in [0, 0.05) is 12.5 Å². The Balaban J connectivity index is 1.73. The molecule has 0 aliphatic carbocycles. The molecule has 1 N–H and O–H groups in total. The van der Waals surface area contributed by atoms with E-state index < -0.39 is 29.6 Å². The Labute approximate surface area is 161 Å². The number of carbonyl (C=O) groups is 2. The van der Waals surface area contributed by atoms with Crippen molar-refractivity contribution in [2.24, 2.45) is 0 Å². The molecule has 0 saturated carbocycles. The monoisotopic (exact) mass is 383 g/mol. The topological polar surface area (TPSA) is 55.4 Å². The summed E-state index contributed by atoms with van der Waals surface area (Å²) < 4.78 is 31.5. The lowest BCUT2D eigenvalue weighted by molar-refractivity contribution is -0.145. The third-order valence-corrected chi connectivity index (χ3v) is 4.44. The van der Waals surface area contributed by atoms with Gasteiger partial charge in [0.05, 0.1) is 13.5 Å². The average Bonchev–Trinajstić information content (AvgIpc) is 2.69. The molecule has 0 bridgehead atoms. The Morgan fingerprint density at radius 1 is 1.00 bits per heavy atom. The van der Waals surface area contributed by atoms with Gasteiger partial charge in [0.25, 0.3) is 0 Å². The molecular formula is C22H19F2NO3. The molecule has 0 radical (unpaired) electrons. The number of rotatable bonds is 6. The third kappa shape index (κ3) is 4.71. The first-order chi connectivity index (χ1) is 13.5. The first kappa shape index (κ1) is 19.5. The fourth-order valence-electron chi connectivity index (χ4n) is 3.02. The van der Waals surface area contributed by atoms with Crippen LogP contribution in [0.4, 0.5) is 8.78 Å². The van der Waals surface area contributed by atoms with Gasteiger partial charge >= 0.3 is 5.97 Å². The van der Waals surface area contributed by atoms with Crippen LogP contribution in [0.3, 0.4) is 0 Å². The van der Waals surface area contributed by atoms with Crippen LogP contribution in [0.25, 0.3) is 10.8 Å². The standard InChI is InChI=1S/C22H19F2NO3/c1-28-22(27)20(11-14-6-7-15-4-2-3-5-16(15)10-14)25-21(26)12-17-8-9-18(23)13-19(17)24/h2-10,13,20H,11-12H2,1H3,(H,25,26)/t20-/m0/s1. The minimum Gasteiger partial charge on any atom is -0.467 e. The van der Waals surface area contributed by atoms with Crippen LogP contribution in [-0.2, 0) is 27.2 Å². The van der Waals surface area contributed by atoms with Crippen LogP contribution in [0.1, 0.15) is 11.1 Å². The summed E-state index contributed by atoms with van der Waals surface area (Å²) in [7, 11) is 1.24. The Hall–Kier alpha value is -3.28. The van der Waals surface area contributed by atoms with E-state index in [0.717, 1.165) is 28.5 Å². The Bertz CT molecular complexity index is 1020. The molecule has 1 amide bonds. The van der Waals surface area contributed by atoms with E-state index in [9.17, 15) is 18.4 Å². The highest BCUT2D eigenvalue weighted by molar-refractivity contribution is 5.86. The van der Waals surface area contributed by atoms with Gasteiger partial charge in [0.2, 0.25) is 5.91 Å². The first-order valence-electron chi connectivity index (χ1n) is 8.75. The van der Waals surface area contributed by atoms with Crippen LogP contribution >= 0.6 is 0 Å². The zero-order valence-electron chi connectivity index (χ0n) is 15.2. The predicted molar refractivity (Wildman–Crippen MR) is 102 cm³/mol. The molecule has 0 aliphatic heterocycles. The molecule has 0 fully saturated rings. The summed E-state index contributed by atoms with van der Waals surface area (Å²) in [4.78, 5) is 24.4. The quantitative estimate of drug-likeness (QED) is 0.662. The highest BCUT2D eigenvalue weighted by Crippen LogP contribution is 2.17. The van der Waals surface area contributed by atoms with E-state index >= 15 is 0 Å². The van der Waals surface area contributed by atoms with Crippen LogP contribution in [-0.4, -0.2) is 25.0 Å². The molecule has 1 atom stereocenters. The molecule has 6 heteroatoms. The van der Waals surface area contributed by atoms with Crippen LogP contribution in [0.15, 0.2) is 60.7 Å². The van der Waals surface area contributed by atoms with E-state index in [1.54, 1.807) is 0 Å². The molecule has 0 heterocycles. The molecule has 3 aromatic carbocycles. The predicted octanol–water partition coefficient (Wildman–Crippen LogP) is 3.56. The maximum Gasteiger partial charge on any atom is 0.328 e. The fourth-order valence-corrected chi connectivity index (χ4v) is 3.02. The summed E-state index contributed by atoms with van der Waals surface area (Å²) >= 11 is 0. The lowest BCUT2D eigenvalue weighted by Gasteiger charge is -2.17. The van der Waals surface area contributed by atoms with Gasteiger partial charge in [-0.05, 0) is 28.0 Å². The van der Waals surface area contributed by atoms with Crippen molar-refractivity contribution in [2.45, 2.75) is 18.9 Å². The van der Waals surface area contributed by atoms with Crippen molar-refractivity contribution in [3.8, 4) is 0 Å². The number of amides is 1. The van der Waals surface area contributed by atoms with Gasteiger partial charge in [-0.15, -0.1) is 0 Å². The smallest absolute Gasteiger partial charge is 0.328 e. The van der Waals surface area contributed by atoms with Crippen molar-refractivity contribution >= 4 is 22.6 Å². The van der Waals surface area contributed by atoms with E-state index in [-0.39, 0.29) is 18.4 Å². The number of fused-ring (bicyclic) bond motifs is 1. The number of carbonyl (C=O) groups excluding carboxylic acids is 2. The molecule has 0 spiro atoms. The zero-order chi connectivity index (χ0) is 20.1. The Morgan fingerprint density at radius 2 is 1.75 bits per heavy atom. The molecule has 0 saturated heterocycles. The van der Waals surface area contributed by atoms with Crippen molar-refractivity contribution < 1.29 is 23.1 Å². The van der Waals surface area contributed by atoms with Gasteiger partial charge in [0.15, 0.2) is 0 Å². The second kappa shape index (κ2) is 8.61. The molecule has 3 aromatic rings. The first-order valence-corrected chi connectivity index (χ1v) is 8.75. The van der Waals surface area contributed by atoms with Gasteiger partial charge in [-0.25, -0.2) is 13.6 Å². The average molecular weight is 383 g/mol. The van der Waals surface area contributed by atoms with E-state index in [0.29, 0.717) is 0 Å². The molecular weight excluding hydrogens is 364 g/mol. The van der Waals surface area contributed by atoms with E-state index in [1.165, 1.54) is 13.2 Å². The summed E-state index contributed by atoms with van der Waals surface area (Å²) in [5, 5.41) is 4.66. The normalized spacial score (nSPS) is 11.8. The highest BCUT2D eigenvalue weighted by atomic mass is 19.1. The largest absolute Gasteiger partial charge is 0.467 e. The minimum absolute atomic E-state index is 0.0493. The van der Waals surface area contributed by atoms with E-state index in [2.05, 4.69) is 5.32 Å². The van der Waals surface area contributed by atoms with Crippen molar-refractivity contribution in [1.82, 2.24) is 5.32 Å². The number of ether oxygens (including phenoxy) is 1. The number of nitrogens with one attached hydrogen (secondary N) is 1. The Morgan fingerprint density at radius 3 is 2.46 bits per heavy atom. The third-order valence-electron chi connectivity index (χ3n) is 4.44. The number of halogens is 2. The minimum atomic E-state index is -0.915. The summed E-state index contributed by atoms with van der Waals surface area (Å²) in [5.41, 5.74) is 0.899. The highest BCUT2D eigenvalue weighted by Gasteiger charge is 2.22. The summed E-state index contributed by atoms with van der Waals surface area (Å²) in [6.07, 6.45) is -0.0769. The van der Waals surface area contributed by atoms with Crippen LogP contribution in [0, 0.1) is 11.6 Å². The van der Waals surface area contributed by atoms with Gasteiger partial charge in [-0.1, -0.05) is 48.5 Å². The number of benzene rings is 3.